The number of aryl methyl sites for hydroxylation is 2. The third-order valence-electron chi connectivity index (χ3n) is 5.12. The zero-order valence-electron chi connectivity index (χ0n) is 17.2. The standard InChI is InChI=1S/C23H21N3O5/c1-15-8-9-17(12-16(15)2)21-19(13-26(24-21)18-6-4-3-5-7-18)22(28)31-14-20(27)25-10-11-30-23(25)29/h3-9,12-13H,10-11,14H2,1-2H3. The maximum Gasteiger partial charge on any atom is 0.416 e. The Balaban J connectivity index is 1.63. The summed E-state index contributed by atoms with van der Waals surface area (Å²) in [6.07, 6.45) is 0.852. The smallest absolute Gasteiger partial charge is 0.416 e. The van der Waals surface area contributed by atoms with Gasteiger partial charge in [0.25, 0.3) is 5.91 Å². The number of carbonyl (C=O) groups excluding carboxylic acids is 3. The number of cyclic esters (lactones) is 1. The zero-order valence-corrected chi connectivity index (χ0v) is 17.2. The SMILES string of the molecule is Cc1ccc(-c2nn(-c3ccccc3)cc2C(=O)OCC(=O)N2CCOC2=O)cc1C. The summed E-state index contributed by atoms with van der Waals surface area (Å²) >= 11 is 0. The lowest BCUT2D eigenvalue weighted by Crippen LogP contribution is -2.35. The molecule has 0 aliphatic carbocycles. The van der Waals surface area contributed by atoms with Crippen molar-refractivity contribution in [3.63, 3.8) is 0 Å². The first-order valence-corrected chi connectivity index (χ1v) is 9.81. The molecule has 3 aromatic rings. The first-order valence-electron chi connectivity index (χ1n) is 9.81. The Morgan fingerprint density at radius 1 is 1.10 bits per heavy atom. The molecule has 1 aliphatic heterocycles. The summed E-state index contributed by atoms with van der Waals surface area (Å²) in [5, 5.41) is 4.61. The van der Waals surface area contributed by atoms with Gasteiger partial charge in [0.15, 0.2) is 6.61 Å². The summed E-state index contributed by atoms with van der Waals surface area (Å²) < 4.78 is 11.6. The van der Waals surface area contributed by atoms with Crippen LogP contribution in [0.5, 0.6) is 0 Å². The fourth-order valence-electron chi connectivity index (χ4n) is 3.24. The number of rotatable bonds is 5. The number of hydrogen-bond donors (Lipinski definition) is 0. The number of nitrogens with zero attached hydrogens (tertiary/aromatic N) is 3. The molecule has 2 amide bonds. The van der Waals surface area contributed by atoms with Crippen LogP contribution in [0.15, 0.2) is 54.7 Å². The molecular formula is C23H21N3O5. The van der Waals surface area contributed by atoms with Gasteiger partial charge < -0.3 is 9.47 Å². The molecule has 0 bridgehead atoms. The molecule has 1 aliphatic rings. The second kappa shape index (κ2) is 8.43. The first-order chi connectivity index (χ1) is 14.9. The summed E-state index contributed by atoms with van der Waals surface area (Å²) in [6, 6.07) is 15.2. The highest BCUT2D eigenvalue weighted by molar-refractivity contribution is 5.99. The van der Waals surface area contributed by atoms with E-state index in [9.17, 15) is 14.4 Å². The van der Waals surface area contributed by atoms with Gasteiger partial charge in [0.05, 0.1) is 12.2 Å². The predicted molar refractivity (Wildman–Crippen MR) is 112 cm³/mol. The fraction of sp³-hybridized carbons (Fsp3) is 0.217. The average molecular weight is 419 g/mol. The van der Waals surface area contributed by atoms with E-state index in [2.05, 4.69) is 5.10 Å². The summed E-state index contributed by atoms with van der Waals surface area (Å²) in [6.45, 7) is 3.72. The predicted octanol–water partition coefficient (Wildman–Crippen LogP) is 3.29. The van der Waals surface area contributed by atoms with Crippen LogP contribution >= 0.6 is 0 Å². The van der Waals surface area contributed by atoms with Crippen LogP contribution in [0.3, 0.4) is 0 Å². The second-order valence-corrected chi connectivity index (χ2v) is 7.21. The maximum absolute atomic E-state index is 12.9. The molecule has 0 saturated carbocycles. The molecule has 0 radical (unpaired) electrons. The lowest BCUT2D eigenvalue weighted by molar-refractivity contribution is -0.131. The van der Waals surface area contributed by atoms with E-state index in [4.69, 9.17) is 9.47 Å². The molecule has 4 rings (SSSR count). The molecule has 1 aromatic heterocycles. The minimum Gasteiger partial charge on any atom is -0.452 e. The van der Waals surface area contributed by atoms with E-state index in [-0.39, 0.29) is 18.7 Å². The van der Waals surface area contributed by atoms with Crippen molar-refractivity contribution in [2.45, 2.75) is 13.8 Å². The maximum atomic E-state index is 12.9. The molecule has 8 heteroatoms. The highest BCUT2D eigenvalue weighted by Crippen LogP contribution is 2.26. The van der Waals surface area contributed by atoms with Crippen molar-refractivity contribution in [1.82, 2.24) is 14.7 Å². The summed E-state index contributed by atoms with van der Waals surface area (Å²) in [7, 11) is 0. The highest BCUT2D eigenvalue weighted by atomic mass is 16.6. The molecule has 1 fully saturated rings. The van der Waals surface area contributed by atoms with E-state index < -0.39 is 24.6 Å². The normalized spacial score (nSPS) is 13.2. The molecule has 31 heavy (non-hydrogen) atoms. The number of benzene rings is 2. The van der Waals surface area contributed by atoms with Crippen LogP contribution in [0.4, 0.5) is 4.79 Å². The van der Waals surface area contributed by atoms with Gasteiger partial charge in [-0.3, -0.25) is 4.79 Å². The molecule has 0 N–H and O–H groups in total. The molecule has 0 spiro atoms. The van der Waals surface area contributed by atoms with Crippen molar-refractivity contribution in [2.24, 2.45) is 0 Å². The van der Waals surface area contributed by atoms with Gasteiger partial charge >= 0.3 is 12.1 Å². The van der Waals surface area contributed by atoms with Crippen LogP contribution in [0.1, 0.15) is 21.5 Å². The van der Waals surface area contributed by atoms with Crippen molar-refractivity contribution < 1.29 is 23.9 Å². The monoisotopic (exact) mass is 419 g/mol. The number of esters is 1. The van der Waals surface area contributed by atoms with Gasteiger partial charge in [0, 0.05) is 11.8 Å². The number of ether oxygens (including phenoxy) is 2. The molecule has 0 atom stereocenters. The van der Waals surface area contributed by atoms with Crippen LogP contribution in [-0.2, 0) is 14.3 Å². The second-order valence-electron chi connectivity index (χ2n) is 7.21. The minimum atomic E-state index is -0.728. The number of amides is 2. The van der Waals surface area contributed by atoms with Crippen LogP contribution in [0.25, 0.3) is 16.9 Å². The Morgan fingerprint density at radius 3 is 2.55 bits per heavy atom. The Labute approximate surface area is 179 Å². The van der Waals surface area contributed by atoms with Crippen LogP contribution in [0, 0.1) is 13.8 Å². The molecule has 2 heterocycles. The van der Waals surface area contributed by atoms with Gasteiger partial charge in [-0.25, -0.2) is 19.2 Å². The van der Waals surface area contributed by atoms with Crippen molar-refractivity contribution in [1.29, 1.82) is 0 Å². The molecule has 2 aromatic carbocycles. The van der Waals surface area contributed by atoms with Crippen molar-refractivity contribution >= 4 is 18.0 Å². The van der Waals surface area contributed by atoms with Crippen LogP contribution in [0.2, 0.25) is 0 Å². The van der Waals surface area contributed by atoms with Gasteiger partial charge in [0.2, 0.25) is 0 Å². The number of imide groups is 1. The summed E-state index contributed by atoms with van der Waals surface area (Å²) in [5.74, 6) is -1.32. The zero-order chi connectivity index (χ0) is 22.0. The molecular weight excluding hydrogens is 398 g/mol. The lowest BCUT2D eigenvalue weighted by atomic mass is 10.0. The van der Waals surface area contributed by atoms with Gasteiger partial charge in [-0.05, 0) is 43.2 Å². The molecule has 158 valence electrons. The molecule has 8 nitrogen and oxygen atoms in total. The van der Waals surface area contributed by atoms with Crippen LogP contribution in [-0.4, -0.2) is 52.4 Å². The van der Waals surface area contributed by atoms with Gasteiger partial charge in [-0.1, -0.05) is 30.3 Å². The third kappa shape index (κ3) is 4.18. The van der Waals surface area contributed by atoms with E-state index in [1.54, 1.807) is 10.9 Å². The Morgan fingerprint density at radius 2 is 1.87 bits per heavy atom. The summed E-state index contributed by atoms with van der Waals surface area (Å²) in [5.41, 5.74) is 4.41. The lowest BCUT2D eigenvalue weighted by Gasteiger charge is -2.11. The Kier molecular flexibility index (Phi) is 5.53. The fourth-order valence-corrected chi connectivity index (χ4v) is 3.24. The molecule has 0 unspecified atom stereocenters. The third-order valence-corrected chi connectivity index (χ3v) is 5.12. The van der Waals surface area contributed by atoms with E-state index in [0.29, 0.717) is 5.69 Å². The van der Waals surface area contributed by atoms with E-state index in [0.717, 1.165) is 27.3 Å². The molecule has 1 saturated heterocycles. The van der Waals surface area contributed by atoms with Gasteiger partial charge in [-0.15, -0.1) is 0 Å². The van der Waals surface area contributed by atoms with Crippen LogP contribution < -0.4 is 0 Å². The number of aromatic nitrogens is 2. The largest absolute Gasteiger partial charge is 0.452 e. The topological polar surface area (TPSA) is 90.7 Å². The van der Waals surface area contributed by atoms with Crippen molar-refractivity contribution in [3.8, 4) is 16.9 Å². The van der Waals surface area contributed by atoms with E-state index in [1.165, 1.54) is 0 Å². The highest BCUT2D eigenvalue weighted by Gasteiger charge is 2.29. The number of carbonyl (C=O) groups is 3. The average Bonchev–Trinajstić information content (AvgIpc) is 3.41. The van der Waals surface area contributed by atoms with Gasteiger partial charge in [0.1, 0.15) is 17.9 Å². The number of hydrogen-bond acceptors (Lipinski definition) is 6. The Hall–Kier alpha value is -3.94. The van der Waals surface area contributed by atoms with E-state index >= 15 is 0 Å². The number of para-hydroxylation sites is 1. The minimum absolute atomic E-state index is 0.138. The first kappa shape index (κ1) is 20.3. The quantitative estimate of drug-likeness (QED) is 0.590. The van der Waals surface area contributed by atoms with E-state index in [1.807, 2.05) is 62.4 Å². The van der Waals surface area contributed by atoms with Gasteiger partial charge in [-0.2, -0.15) is 5.10 Å². The summed E-state index contributed by atoms with van der Waals surface area (Å²) in [4.78, 5) is 37.5. The Bertz CT molecular complexity index is 1150. The van der Waals surface area contributed by atoms with Crippen molar-refractivity contribution in [2.75, 3.05) is 19.8 Å². The van der Waals surface area contributed by atoms with Crippen molar-refractivity contribution in [3.05, 3.63) is 71.4 Å².